The number of morpholine rings is 1. The third-order valence-electron chi connectivity index (χ3n) is 5.33. The van der Waals surface area contributed by atoms with E-state index in [0.29, 0.717) is 49.7 Å². The Labute approximate surface area is 195 Å². The van der Waals surface area contributed by atoms with Crippen molar-refractivity contribution in [1.29, 1.82) is 0 Å². The molecular formula is C22H29N3O6S2. The highest BCUT2D eigenvalue weighted by molar-refractivity contribution is 7.92. The van der Waals surface area contributed by atoms with E-state index >= 15 is 0 Å². The van der Waals surface area contributed by atoms with E-state index in [1.807, 2.05) is 0 Å². The molecule has 0 radical (unpaired) electrons. The molecule has 0 atom stereocenters. The number of hydrogen-bond donors (Lipinski definition) is 2. The summed E-state index contributed by atoms with van der Waals surface area (Å²) in [5.41, 5.74) is 2.60. The van der Waals surface area contributed by atoms with Crippen LogP contribution in [0.1, 0.15) is 24.5 Å². The summed E-state index contributed by atoms with van der Waals surface area (Å²) in [6, 6.07) is 11.5. The number of sulfonamides is 2. The molecule has 1 fully saturated rings. The lowest BCUT2D eigenvalue weighted by Crippen LogP contribution is -2.40. The van der Waals surface area contributed by atoms with E-state index in [1.165, 1.54) is 4.31 Å². The van der Waals surface area contributed by atoms with Crippen molar-refractivity contribution in [2.45, 2.75) is 31.6 Å². The molecule has 2 aromatic rings. The second kappa shape index (κ2) is 10.6. The quantitative estimate of drug-likeness (QED) is 0.551. The van der Waals surface area contributed by atoms with Crippen LogP contribution in [-0.2, 0) is 36.0 Å². The van der Waals surface area contributed by atoms with E-state index in [1.54, 1.807) is 56.3 Å². The number of benzene rings is 2. The first-order chi connectivity index (χ1) is 15.6. The van der Waals surface area contributed by atoms with E-state index in [2.05, 4.69) is 10.0 Å². The molecule has 11 heteroatoms. The molecule has 2 N–H and O–H groups in total. The van der Waals surface area contributed by atoms with Gasteiger partial charge < -0.3 is 10.1 Å². The van der Waals surface area contributed by atoms with Crippen molar-refractivity contribution in [2.24, 2.45) is 0 Å². The third-order valence-corrected chi connectivity index (χ3v) is 8.53. The molecule has 180 valence electrons. The lowest BCUT2D eigenvalue weighted by Gasteiger charge is -2.26. The van der Waals surface area contributed by atoms with E-state index in [0.717, 1.165) is 5.56 Å². The Hall–Kier alpha value is -2.47. The number of ether oxygens (including phenoxy) is 1. The van der Waals surface area contributed by atoms with Gasteiger partial charge in [-0.3, -0.25) is 9.52 Å². The Balaban J connectivity index is 1.55. The maximum atomic E-state index is 12.7. The van der Waals surface area contributed by atoms with Crippen molar-refractivity contribution < 1.29 is 26.4 Å². The minimum absolute atomic E-state index is 0.0228. The van der Waals surface area contributed by atoms with Crippen LogP contribution in [-0.4, -0.2) is 59.1 Å². The zero-order valence-electron chi connectivity index (χ0n) is 18.7. The predicted octanol–water partition coefficient (Wildman–Crippen LogP) is 2.35. The zero-order chi connectivity index (χ0) is 24.1. The number of amides is 1. The lowest BCUT2D eigenvalue weighted by atomic mass is 10.1. The highest BCUT2D eigenvalue weighted by Gasteiger charge is 2.26. The number of nitrogens with zero attached hydrogens (tertiary/aromatic N) is 1. The minimum Gasteiger partial charge on any atom is -0.379 e. The van der Waals surface area contributed by atoms with Crippen molar-refractivity contribution in [2.75, 3.05) is 42.1 Å². The summed E-state index contributed by atoms with van der Waals surface area (Å²) in [4.78, 5) is 12.6. The minimum atomic E-state index is -3.54. The van der Waals surface area contributed by atoms with Crippen LogP contribution in [0.25, 0.3) is 0 Å². The predicted molar refractivity (Wildman–Crippen MR) is 127 cm³/mol. The molecule has 0 saturated carbocycles. The van der Waals surface area contributed by atoms with Crippen LogP contribution in [0.4, 0.5) is 11.4 Å². The van der Waals surface area contributed by atoms with E-state index < -0.39 is 20.0 Å². The van der Waals surface area contributed by atoms with Gasteiger partial charge in [-0.1, -0.05) is 12.1 Å². The summed E-state index contributed by atoms with van der Waals surface area (Å²) in [7, 11) is -6.91. The third kappa shape index (κ3) is 6.76. The summed E-state index contributed by atoms with van der Waals surface area (Å²) >= 11 is 0. The lowest BCUT2D eigenvalue weighted by molar-refractivity contribution is -0.116. The molecular weight excluding hydrogens is 466 g/mol. The van der Waals surface area contributed by atoms with E-state index in [4.69, 9.17) is 4.74 Å². The molecule has 0 bridgehead atoms. The number of carbonyl (C=O) groups is 1. The van der Waals surface area contributed by atoms with Gasteiger partial charge in [0.25, 0.3) is 0 Å². The molecule has 3 rings (SSSR count). The first kappa shape index (κ1) is 25.2. The average Bonchev–Trinajstić information content (AvgIpc) is 2.80. The van der Waals surface area contributed by atoms with Crippen LogP contribution < -0.4 is 10.0 Å². The molecule has 1 aliphatic heterocycles. The SMILES string of the molecule is CCS(=O)(=O)Nc1ccc(NC(=O)CCc2ccc(S(=O)(=O)N3CCOCC3)cc2)cc1C. The number of hydrogen-bond acceptors (Lipinski definition) is 6. The fourth-order valence-electron chi connectivity index (χ4n) is 3.34. The zero-order valence-corrected chi connectivity index (χ0v) is 20.3. The molecule has 1 heterocycles. The van der Waals surface area contributed by atoms with Crippen LogP contribution >= 0.6 is 0 Å². The van der Waals surface area contributed by atoms with Crippen molar-refractivity contribution in [3.05, 3.63) is 53.6 Å². The summed E-state index contributed by atoms with van der Waals surface area (Å²) in [5, 5.41) is 2.81. The highest BCUT2D eigenvalue weighted by Crippen LogP contribution is 2.22. The van der Waals surface area contributed by atoms with Crippen molar-refractivity contribution in [3.8, 4) is 0 Å². The molecule has 0 aromatic heterocycles. The smallest absolute Gasteiger partial charge is 0.243 e. The number of rotatable bonds is 9. The Morgan fingerprint density at radius 3 is 2.30 bits per heavy atom. The fourth-order valence-corrected chi connectivity index (χ4v) is 5.46. The van der Waals surface area contributed by atoms with E-state index in [-0.39, 0.29) is 23.0 Å². The second-order valence-corrected chi connectivity index (χ2v) is 11.7. The number of nitrogens with one attached hydrogen (secondary N) is 2. The van der Waals surface area contributed by atoms with Gasteiger partial charge in [0.05, 0.1) is 29.5 Å². The molecule has 1 aliphatic rings. The van der Waals surface area contributed by atoms with Gasteiger partial charge in [0.2, 0.25) is 26.0 Å². The Bertz CT molecular complexity index is 1190. The molecule has 2 aromatic carbocycles. The van der Waals surface area contributed by atoms with Crippen molar-refractivity contribution >= 4 is 37.3 Å². The molecule has 0 unspecified atom stereocenters. The molecule has 1 amide bonds. The topological polar surface area (TPSA) is 122 Å². The first-order valence-electron chi connectivity index (χ1n) is 10.7. The molecule has 1 saturated heterocycles. The van der Waals surface area contributed by atoms with Gasteiger partial charge in [0, 0.05) is 25.2 Å². The van der Waals surface area contributed by atoms with E-state index in [9.17, 15) is 21.6 Å². The summed E-state index contributed by atoms with van der Waals surface area (Å²) < 4.78 is 58.0. The fraction of sp³-hybridized carbons (Fsp3) is 0.409. The number of carbonyl (C=O) groups excluding carboxylic acids is 1. The molecule has 33 heavy (non-hydrogen) atoms. The monoisotopic (exact) mass is 495 g/mol. The summed E-state index contributed by atoms with van der Waals surface area (Å²) in [6.45, 7) is 4.79. The highest BCUT2D eigenvalue weighted by atomic mass is 32.2. The number of aryl methyl sites for hydroxylation is 2. The van der Waals surface area contributed by atoms with Gasteiger partial charge in [0.15, 0.2) is 0 Å². The van der Waals surface area contributed by atoms with Gasteiger partial charge in [-0.25, -0.2) is 16.8 Å². The maximum absolute atomic E-state index is 12.7. The molecule has 0 aliphatic carbocycles. The largest absolute Gasteiger partial charge is 0.379 e. The van der Waals surface area contributed by atoms with Crippen LogP contribution in [0.2, 0.25) is 0 Å². The van der Waals surface area contributed by atoms with Crippen LogP contribution in [0, 0.1) is 6.92 Å². The van der Waals surface area contributed by atoms with Gasteiger partial charge in [0.1, 0.15) is 0 Å². The van der Waals surface area contributed by atoms with Crippen molar-refractivity contribution in [3.63, 3.8) is 0 Å². The average molecular weight is 496 g/mol. The van der Waals surface area contributed by atoms with Gasteiger partial charge in [-0.2, -0.15) is 4.31 Å². The maximum Gasteiger partial charge on any atom is 0.243 e. The van der Waals surface area contributed by atoms with Crippen molar-refractivity contribution in [1.82, 2.24) is 4.31 Å². The van der Waals surface area contributed by atoms with Crippen LogP contribution in [0.5, 0.6) is 0 Å². The standard InChI is InChI=1S/C22H29N3O6S2/c1-3-32(27,28)24-21-10-7-19(16-17(21)2)23-22(26)11-6-18-4-8-20(9-5-18)33(29,30)25-12-14-31-15-13-25/h4-5,7-10,16,24H,3,6,11-15H2,1-2H3,(H,23,26). The Kier molecular flexibility index (Phi) is 8.11. The van der Waals surface area contributed by atoms with Gasteiger partial charge >= 0.3 is 0 Å². The summed E-state index contributed by atoms with van der Waals surface area (Å²) in [6.07, 6.45) is 0.676. The first-order valence-corrected chi connectivity index (χ1v) is 13.8. The van der Waals surface area contributed by atoms with Crippen LogP contribution in [0.3, 0.4) is 0 Å². The normalized spacial score (nSPS) is 15.2. The number of anilines is 2. The van der Waals surface area contributed by atoms with Gasteiger partial charge in [-0.05, 0) is 61.7 Å². The second-order valence-electron chi connectivity index (χ2n) is 7.74. The summed E-state index contributed by atoms with van der Waals surface area (Å²) in [5.74, 6) is -0.216. The molecule has 0 spiro atoms. The molecule has 9 nitrogen and oxygen atoms in total. The Morgan fingerprint density at radius 2 is 1.70 bits per heavy atom. The Morgan fingerprint density at radius 1 is 1.03 bits per heavy atom. The van der Waals surface area contributed by atoms with Gasteiger partial charge in [-0.15, -0.1) is 0 Å². The van der Waals surface area contributed by atoms with Crippen LogP contribution in [0.15, 0.2) is 47.4 Å².